The molecule has 0 fully saturated rings. The fourth-order valence-electron chi connectivity index (χ4n) is 1.94. The van der Waals surface area contributed by atoms with E-state index in [1.807, 2.05) is 42.6 Å². The monoisotopic (exact) mass is 279 g/mol. The SMILES string of the molecule is CC(=O)Nc1ccc(-c2cn(-c3cccnc3)nn2)cc1. The first-order chi connectivity index (χ1) is 10.2. The zero-order chi connectivity index (χ0) is 14.7. The fourth-order valence-corrected chi connectivity index (χ4v) is 1.94. The Balaban J connectivity index is 1.85. The second-order valence-electron chi connectivity index (χ2n) is 4.52. The van der Waals surface area contributed by atoms with Crippen molar-refractivity contribution in [2.45, 2.75) is 6.92 Å². The highest BCUT2D eigenvalue weighted by Crippen LogP contribution is 2.19. The fraction of sp³-hybridized carbons (Fsp3) is 0.0667. The molecule has 3 rings (SSSR count). The van der Waals surface area contributed by atoms with E-state index in [0.717, 1.165) is 22.6 Å². The molecule has 0 saturated carbocycles. The molecule has 104 valence electrons. The van der Waals surface area contributed by atoms with E-state index in [9.17, 15) is 4.79 Å². The maximum atomic E-state index is 11.0. The van der Waals surface area contributed by atoms with Crippen molar-refractivity contribution in [3.8, 4) is 16.9 Å². The van der Waals surface area contributed by atoms with Crippen LogP contribution in [0.5, 0.6) is 0 Å². The third-order valence-corrected chi connectivity index (χ3v) is 2.90. The maximum absolute atomic E-state index is 11.0. The Hall–Kier alpha value is -3.02. The van der Waals surface area contributed by atoms with E-state index in [1.54, 1.807) is 17.1 Å². The Morgan fingerprint density at radius 3 is 2.67 bits per heavy atom. The molecule has 3 aromatic rings. The van der Waals surface area contributed by atoms with Crippen LogP contribution >= 0.6 is 0 Å². The molecule has 0 bridgehead atoms. The molecule has 0 aliphatic rings. The third kappa shape index (κ3) is 2.94. The summed E-state index contributed by atoms with van der Waals surface area (Å²) in [6.07, 6.45) is 5.27. The van der Waals surface area contributed by atoms with Crippen LogP contribution in [-0.4, -0.2) is 25.9 Å². The molecule has 21 heavy (non-hydrogen) atoms. The molecule has 0 unspecified atom stereocenters. The molecule has 0 radical (unpaired) electrons. The van der Waals surface area contributed by atoms with Crippen LogP contribution in [0.25, 0.3) is 16.9 Å². The van der Waals surface area contributed by atoms with Gasteiger partial charge in [0.1, 0.15) is 5.69 Å². The van der Waals surface area contributed by atoms with Crippen LogP contribution in [-0.2, 0) is 4.79 Å². The molecule has 0 saturated heterocycles. The van der Waals surface area contributed by atoms with Crippen LogP contribution in [0.4, 0.5) is 5.69 Å². The number of pyridine rings is 1. The van der Waals surface area contributed by atoms with E-state index >= 15 is 0 Å². The summed E-state index contributed by atoms with van der Waals surface area (Å²) < 4.78 is 1.67. The van der Waals surface area contributed by atoms with Gasteiger partial charge in [-0.15, -0.1) is 5.10 Å². The van der Waals surface area contributed by atoms with Gasteiger partial charge in [-0.05, 0) is 24.3 Å². The van der Waals surface area contributed by atoms with Gasteiger partial charge in [-0.2, -0.15) is 0 Å². The first-order valence-corrected chi connectivity index (χ1v) is 6.43. The van der Waals surface area contributed by atoms with E-state index in [1.165, 1.54) is 6.92 Å². The van der Waals surface area contributed by atoms with Gasteiger partial charge in [0.05, 0.1) is 18.1 Å². The molecular weight excluding hydrogens is 266 g/mol. The highest BCUT2D eigenvalue weighted by molar-refractivity contribution is 5.88. The van der Waals surface area contributed by atoms with Crippen LogP contribution in [0.3, 0.4) is 0 Å². The van der Waals surface area contributed by atoms with Crippen molar-refractivity contribution >= 4 is 11.6 Å². The van der Waals surface area contributed by atoms with Crippen molar-refractivity contribution in [3.63, 3.8) is 0 Å². The summed E-state index contributed by atoms with van der Waals surface area (Å²) in [5, 5.41) is 11.0. The van der Waals surface area contributed by atoms with Crippen molar-refractivity contribution in [3.05, 3.63) is 55.0 Å². The first-order valence-electron chi connectivity index (χ1n) is 6.43. The third-order valence-electron chi connectivity index (χ3n) is 2.90. The molecule has 2 aromatic heterocycles. The lowest BCUT2D eigenvalue weighted by atomic mass is 10.1. The largest absolute Gasteiger partial charge is 0.326 e. The predicted molar refractivity (Wildman–Crippen MR) is 78.9 cm³/mol. The smallest absolute Gasteiger partial charge is 0.221 e. The number of anilines is 1. The van der Waals surface area contributed by atoms with Crippen LogP contribution < -0.4 is 5.32 Å². The maximum Gasteiger partial charge on any atom is 0.221 e. The Labute approximate surface area is 121 Å². The van der Waals surface area contributed by atoms with Crippen molar-refractivity contribution < 1.29 is 4.79 Å². The number of benzene rings is 1. The molecule has 2 heterocycles. The summed E-state index contributed by atoms with van der Waals surface area (Å²) in [5.41, 5.74) is 3.30. The lowest BCUT2D eigenvalue weighted by molar-refractivity contribution is -0.114. The highest BCUT2D eigenvalue weighted by Gasteiger charge is 2.05. The topological polar surface area (TPSA) is 72.7 Å². The summed E-state index contributed by atoms with van der Waals surface area (Å²) in [7, 11) is 0. The van der Waals surface area contributed by atoms with E-state index in [0.29, 0.717) is 0 Å². The van der Waals surface area contributed by atoms with Crippen LogP contribution in [0.1, 0.15) is 6.92 Å². The molecule has 0 atom stereocenters. The predicted octanol–water partition coefficient (Wildman–Crippen LogP) is 2.29. The molecular formula is C15H13N5O. The summed E-state index contributed by atoms with van der Waals surface area (Å²) >= 11 is 0. The number of amides is 1. The van der Waals surface area contributed by atoms with Gasteiger partial charge >= 0.3 is 0 Å². The summed E-state index contributed by atoms with van der Waals surface area (Å²) in [4.78, 5) is 15.0. The van der Waals surface area contributed by atoms with Crippen LogP contribution in [0.2, 0.25) is 0 Å². The Kier molecular flexibility index (Phi) is 3.42. The van der Waals surface area contributed by atoms with Gasteiger partial charge in [0.25, 0.3) is 0 Å². The van der Waals surface area contributed by atoms with Crippen molar-refractivity contribution in [2.24, 2.45) is 0 Å². The average Bonchev–Trinajstić information content (AvgIpc) is 2.98. The van der Waals surface area contributed by atoms with E-state index in [4.69, 9.17) is 0 Å². The second kappa shape index (κ2) is 5.54. The lowest BCUT2D eigenvalue weighted by Gasteiger charge is -2.02. The van der Waals surface area contributed by atoms with Crippen molar-refractivity contribution in [2.75, 3.05) is 5.32 Å². The summed E-state index contributed by atoms with van der Waals surface area (Å²) in [6.45, 7) is 1.48. The van der Waals surface area contributed by atoms with E-state index < -0.39 is 0 Å². The number of rotatable bonds is 3. The second-order valence-corrected chi connectivity index (χ2v) is 4.52. The van der Waals surface area contributed by atoms with Gasteiger partial charge in [-0.3, -0.25) is 9.78 Å². The molecule has 0 aliphatic heterocycles. The van der Waals surface area contributed by atoms with Crippen LogP contribution in [0.15, 0.2) is 55.0 Å². The Morgan fingerprint density at radius 2 is 2.00 bits per heavy atom. The zero-order valence-electron chi connectivity index (χ0n) is 11.4. The normalized spacial score (nSPS) is 10.3. The van der Waals surface area contributed by atoms with Crippen molar-refractivity contribution in [1.29, 1.82) is 0 Å². The number of nitrogens with one attached hydrogen (secondary N) is 1. The quantitative estimate of drug-likeness (QED) is 0.798. The highest BCUT2D eigenvalue weighted by atomic mass is 16.1. The van der Waals surface area contributed by atoms with Crippen molar-refractivity contribution in [1.82, 2.24) is 20.0 Å². The molecule has 6 heteroatoms. The number of carbonyl (C=O) groups is 1. The Morgan fingerprint density at radius 1 is 1.19 bits per heavy atom. The van der Waals surface area contributed by atoms with Gasteiger partial charge in [-0.1, -0.05) is 17.3 Å². The minimum Gasteiger partial charge on any atom is -0.326 e. The lowest BCUT2D eigenvalue weighted by Crippen LogP contribution is -2.05. The zero-order valence-corrected chi connectivity index (χ0v) is 11.4. The molecule has 1 N–H and O–H groups in total. The van der Waals surface area contributed by atoms with Gasteiger partial charge in [0, 0.05) is 24.4 Å². The number of nitrogens with zero attached hydrogens (tertiary/aromatic N) is 4. The number of hydrogen-bond acceptors (Lipinski definition) is 4. The minimum absolute atomic E-state index is 0.0923. The molecule has 1 amide bonds. The number of hydrogen-bond donors (Lipinski definition) is 1. The minimum atomic E-state index is -0.0923. The molecule has 1 aromatic carbocycles. The van der Waals surface area contributed by atoms with Gasteiger partial charge in [0.15, 0.2) is 0 Å². The van der Waals surface area contributed by atoms with Gasteiger partial charge < -0.3 is 5.32 Å². The van der Waals surface area contributed by atoms with E-state index in [-0.39, 0.29) is 5.91 Å². The Bertz CT molecular complexity index is 749. The number of aromatic nitrogens is 4. The first kappa shape index (κ1) is 13.0. The van der Waals surface area contributed by atoms with E-state index in [2.05, 4.69) is 20.6 Å². The standard InChI is InChI=1S/C15H13N5O/c1-11(21)17-13-6-4-12(5-7-13)15-10-20(19-18-15)14-3-2-8-16-9-14/h2-10H,1H3,(H,17,21). The molecule has 0 aliphatic carbocycles. The number of carbonyl (C=O) groups excluding carboxylic acids is 1. The average molecular weight is 279 g/mol. The molecule has 0 spiro atoms. The van der Waals surface area contributed by atoms with Gasteiger partial charge in [0.2, 0.25) is 5.91 Å². The summed E-state index contributed by atoms with van der Waals surface area (Å²) in [6, 6.07) is 11.2. The van der Waals surface area contributed by atoms with Crippen LogP contribution in [0, 0.1) is 0 Å². The molecule has 6 nitrogen and oxygen atoms in total. The summed E-state index contributed by atoms with van der Waals surface area (Å²) in [5.74, 6) is -0.0923. The van der Waals surface area contributed by atoms with Gasteiger partial charge in [-0.25, -0.2) is 4.68 Å².